The molecule has 0 aromatic heterocycles. The van der Waals surface area contributed by atoms with Gasteiger partial charge in [-0.1, -0.05) is 36.3 Å². The van der Waals surface area contributed by atoms with Crippen molar-refractivity contribution in [1.29, 1.82) is 0 Å². The Hall–Kier alpha value is -2.12. The smallest absolute Gasteiger partial charge is 0.243 e. The molecule has 2 unspecified atom stereocenters. The van der Waals surface area contributed by atoms with E-state index in [2.05, 4.69) is 67.0 Å². The fourth-order valence-electron chi connectivity index (χ4n) is 3.95. The van der Waals surface area contributed by atoms with E-state index in [4.69, 9.17) is 11.5 Å². The van der Waals surface area contributed by atoms with Crippen molar-refractivity contribution in [2.45, 2.75) is 72.3 Å². The Bertz CT molecular complexity index is 689. The molecule has 0 aromatic rings. The molecule has 1 fully saturated rings. The zero-order chi connectivity index (χ0) is 24.6. The van der Waals surface area contributed by atoms with Crippen LogP contribution in [0.25, 0.3) is 0 Å². The Morgan fingerprint density at radius 2 is 1.97 bits per heavy atom. The van der Waals surface area contributed by atoms with E-state index in [0.29, 0.717) is 25.0 Å². The van der Waals surface area contributed by atoms with Crippen molar-refractivity contribution >= 4 is 11.9 Å². The van der Waals surface area contributed by atoms with Crippen molar-refractivity contribution in [2.24, 2.45) is 22.4 Å². The maximum atomic E-state index is 12.2. The van der Waals surface area contributed by atoms with Crippen molar-refractivity contribution in [3.05, 3.63) is 35.5 Å². The largest absolute Gasteiger partial charge is 0.370 e. The molecule has 1 saturated heterocycles. The summed E-state index contributed by atoms with van der Waals surface area (Å²) in [7, 11) is 2.14. The van der Waals surface area contributed by atoms with Crippen LogP contribution in [0.4, 0.5) is 0 Å². The summed E-state index contributed by atoms with van der Waals surface area (Å²) in [4.78, 5) is 21.0. The molecule has 1 heterocycles. The maximum absolute atomic E-state index is 12.2. The summed E-state index contributed by atoms with van der Waals surface area (Å²) in [5.74, 6) is 0.555. The van der Waals surface area contributed by atoms with Crippen LogP contribution < -0.4 is 16.8 Å². The zero-order valence-corrected chi connectivity index (χ0v) is 21.6. The monoisotopic (exact) mass is 460 g/mol. The van der Waals surface area contributed by atoms with Gasteiger partial charge in [-0.05, 0) is 78.3 Å². The predicted octanol–water partition coefficient (Wildman–Crippen LogP) is 3.39. The molecule has 7 heteroatoms. The van der Waals surface area contributed by atoms with Crippen LogP contribution in [0.1, 0.15) is 66.2 Å². The van der Waals surface area contributed by atoms with Gasteiger partial charge >= 0.3 is 0 Å². The van der Waals surface area contributed by atoms with E-state index in [-0.39, 0.29) is 11.9 Å². The first kappa shape index (κ1) is 28.9. The van der Waals surface area contributed by atoms with Gasteiger partial charge in [0.25, 0.3) is 0 Å². The Balaban J connectivity index is 2.20. The van der Waals surface area contributed by atoms with Crippen molar-refractivity contribution in [1.82, 2.24) is 15.1 Å². The quantitative estimate of drug-likeness (QED) is 0.114. The first-order valence-corrected chi connectivity index (χ1v) is 12.4. The third-order valence-electron chi connectivity index (χ3n) is 6.00. The number of hydrogen-bond donors (Lipinski definition) is 3. The molecule has 1 rings (SSSR count). The highest BCUT2D eigenvalue weighted by atomic mass is 16.1. The number of nitrogens with two attached hydrogens (primary N) is 2. The minimum atomic E-state index is 0.00466. The van der Waals surface area contributed by atoms with E-state index in [0.717, 1.165) is 58.3 Å². The Morgan fingerprint density at radius 3 is 2.67 bits per heavy atom. The van der Waals surface area contributed by atoms with E-state index >= 15 is 0 Å². The van der Waals surface area contributed by atoms with Crippen LogP contribution in [0.2, 0.25) is 0 Å². The van der Waals surface area contributed by atoms with Gasteiger partial charge in [0.15, 0.2) is 5.96 Å². The molecule has 2 atom stereocenters. The molecule has 5 N–H and O–H groups in total. The van der Waals surface area contributed by atoms with E-state index in [1.807, 2.05) is 6.08 Å². The van der Waals surface area contributed by atoms with Crippen molar-refractivity contribution in [2.75, 3.05) is 39.9 Å². The minimum absolute atomic E-state index is 0.00466. The molecule has 1 amide bonds. The standard InChI is InChI=1S/C26H48N6O/c1-21(2)9-6-10-22(3)11-7-12-23(4)13-14-25(33)29-17-15-24-19-32(20-31(24)5)18-8-16-30-26(27)28/h9,11,13-14,23-24H,6-8,10,12,15-20H2,1-5H3,(H,29,33)(H4,27,28,30). The van der Waals surface area contributed by atoms with E-state index in [1.54, 1.807) is 6.08 Å². The third kappa shape index (κ3) is 14.6. The average Bonchev–Trinajstić information content (AvgIpc) is 3.08. The maximum Gasteiger partial charge on any atom is 0.243 e. The second-order valence-electron chi connectivity index (χ2n) is 9.65. The Kier molecular flexibility index (Phi) is 14.4. The number of aliphatic imine (C=N–C) groups is 1. The number of guanidine groups is 1. The molecule has 0 aromatic carbocycles. The molecule has 33 heavy (non-hydrogen) atoms. The van der Waals surface area contributed by atoms with Gasteiger partial charge < -0.3 is 16.8 Å². The number of carbonyl (C=O) groups excluding carboxylic acids is 1. The number of allylic oxidation sites excluding steroid dienone is 5. The number of nitrogens with zero attached hydrogens (tertiary/aromatic N) is 3. The summed E-state index contributed by atoms with van der Waals surface area (Å²) in [6.45, 7) is 13.0. The minimum Gasteiger partial charge on any atom is -0.370 e. The first-order chi connectivity index (χ1) is 15.7. The van der Waals surface area contributed by atoms with Crippen molar-refractivity contribution in [3.8, 4) is 0 Å². The fraction of sp³-hybridized carbons (Fsp3) is 0.692. The highest BCUT2D eigenvalue weighted by Gasteiger charge is 2.26. The lowest BCUT2D eigenvalue weighted by Gasteiger charge is -2.17. The van der Waals surface area contributed by atoms with Crippen LogP contribution in [-0.4, -0.2) is 67.6 Å². The van der Waals surface area contributed by atoms with Crippen molar-refractivity contribution < 1.29 is 4.79 Å². The molecule has 1 aliphatic heterocycles. The Labute approximate surface area is 202 Å². The summed E-state index contributed by atoms with van der Waals surface area (Å²) in [6, 6.07) is 0.461. The van der Waals surface area contributed by atoms with Crippen LogP contribution >= 0.6 is 0 Å². The number of carbonyl (C=O) groups is 1. The third-order valence-corrected chi connectivity index (χ3v) is 6.00. The van der Waals surface area contributed by atoms with Gasteiger partial charge in [0.1, 0.15) is 0 Å². The second kappa shape index (κ2) is 16.5. The van der Waals surface area contributed by atoms with Gasteiger partial charge in [0.05, 0.1) is 6.67 Å². The second-order valence-corrected chi connectivity index (χ2v) is 9.65. The number of hydrogen-bond acceptors (Lipinski definition) is 4. The molecule has 0 spiro atoms. The highest BCUT2D eigenvalue weighted by Crippen LogP contribution is 2.14. The summed E-state index contributed by atoms with van der Waals surface area (Å²) in [6.07, 6.45) is 14.6. The summed E-state index contributed by atoms with van der Waals surface area (Å²) >= 11 is 0. The van der Waals surface area contributed by atoms with Gasteiger partial charge in [-0.15, -0.1) is 0 Å². The van der Waals surface area contributed by atoms with E-state index in [1.165, 1.54) is 11.1 Å². The lowest BCUT2D eigenvalue weighted by atomic mass is 10.0. The molecule has 7 nitrogen and oxygen atoms in total. The van der Waals surface area contributed by atoms with Gasteiger partial charge in [0.2, 0.25) is 5.91 Å². The van der Waals surface area contributed by atoms with Crippen molar-refractivity contribution in [3.63, 3.8) is 0 Å². The van der Waals surface area contributed by atoms with Crippen LogP contribution in [0.5, 0.6) is 0 Å². The van der Waals surface area contributed by atoms with E-state index < -0.39 is 0 Å². The molecule has 0 radical (unpaired) electrons. The highest BCUT2D eigenvalue weighted by molar-refractivity contribution is 5.87. The SMILES string of the molecule is CC(C)=CCCC(C)=CCCC(C)C=CC(=O)NCCC1CN(CCCN=C(N)N)CN1C. The van der Waals surface area contributed by atoms with Crippen LogP contribution in [-0.2, 0) is 4.79 Å². The van der Waals surface area contributed by atoms with E-state index in [9.17, 15) is 4.79 Å². The molecular formula is C26H48N6O. The van der Waals surface area contributed by atoms with Gasteiger partial charge in [-0.2, -0.15) is 0 Å². The molecule has 1 aliphatic rings. The topological polar surface area (TPSA) is 100.0 Å². The normalized spacial score (nSPS) is 18.5. The molecular weight excluding hydrogens is 412 g/mol. The molecule has 0 bridgehead atoms. The van der Waals surface area contributed by atoms with Crippen LogP contribution in [0, 0.1) is 5.92 Å². The first-order valence-electron chi connectivity index (χ1n) is 12.4. The van der Waals surface area contributed by atoms with Gasteiger partial charge in [-0.3, -0.25) is 19.6 Å². The zero-order valence-electron chi connectivity index (χ0n) is 21.6. The predicted molar refractivity (Wildman–Crippen MR) is 141 cm³/mol. The summed E-state index contributed by atoms with van der Waals surface area (Å²) < 4.78 is 0. The number of nitrogens with one attached hydrogen (secondary N) is 1. The summed E-state index contributed by atoms with van der Waals surface area (Å²) in [5, 5.41) is 3.04. The Morgan fingerprint density at radius 1 is 1.21 bits per heavy atom. The lowest BCUT2D eigenvalue weighted by Crippen LogP contribution is -2.32. The van der Waals surface area contributed by atoms with Crippen LogP contribution in [0.15, 0.2) is 40.4 Å². The molecule has 0 aliphatic carbocycles. The van der Waals surface area contributed by atoms with Gasteiger partial charge in [-0.25, -0.2) is 0 Å². The summed E-state index contributed by atoms with van der Waals surface area (Å²) in [5.41, 5.74) is 13.6. The molecule has 188 valence electrons. The van der Waals surface area contributed by atoms with Crippen LogP contribution in [0.3, 0.4) is 0 Å². The number of amides is 1. The lowest BCUT2D eigenvalue weighted by molar-refractivity contribution is -0.116. The number of likely N-dealkylation sites (N-methyl/N-ethyl adjacent to an activating group) is 1. The average molecular weight is 461 g/mol. The fourth-order valence-corrected chi connectivity index (χ4v) is 3.95. The van der Waals surface area contributed by atoms with Gasteiger partial charge in [0, 0.05) is 32.2 Å². The molecule has 0 saturated carbocycles. The number of rotatable bonds is 15.